The number of hydrogen-bond donors (Lipinski definition) is 2. The van der Waals surface area contributed by atoms with Crippen LogP contribution in [0.3, 0.4) is 0 Å². The van der Waals surface area contributed by atoms with Crippen LogP contribution in [0.2, 0.25) is 0 Å². The van der Waals surface area contributed by atoms with Crippen LogP contribution in [-0.4, -0.2) is 44.0 Å². The Labute approximate surface area is 184 Å². The van der Waals surface area contributed by atoms with E-state index in [0.29, 0.717) is 6.54 Å². The van der Waals surface area contributed by atoms with Gasteiger partial charge >= 0.3 is 0 Å². The summed E-state index contributed by atoms with van der Waals surface area (Å²) in [4.78, 5) is 4.62. The van der Waals surface area contributed by atoms with Crippen LogP contribution in [0.15, 0.2) is 33.8 Å². The first-order valence-corrected chi connectivity index (χ1v) is 9.28. The lowest BCUT2D eigenvalue weighted by Gasteiger charge is -2.16. The number of aryl methyl sites for hydroxylation is 2. The number of hydrogen-bond acceptors (Lipinski definition) is 5. The summed E-state index contributed by atoms with van der Waals surface area (Å²) in [6.45, 7) is 9.99. The fourth-order valence-corrected chi connectivity index (χ4v) is 2.70. The summed E-state index contributed by atoms with van der Waals surface area (Å²) in [6, 6.07) is 7.62. The molecule has 1 aromatic heterocycles. The average molecular weight is 502 g/mol. The number of aliphatic imine (C=N–C) groups is 1. The van der Waals surface area contributed by atoms with Gasteiger partial charge < -0.3 is 24.6 Å². The van der Waals surface area contributed by atoms with Gasteiger partial charge in [-0.25, -0.2) is 4.99 Å². The van der Waals surface area contributed by atoms with Gasteiger partial charge in [0, 0.05) is 18.7 Å². The summed E-state index contributed by atoms with van der Waals surface area (Å²) in [7, 11) is 1.64. The van der Waals surface area contributed by atoms with E-state index in [9.17, 15) is 0 Å². The van der Waals surface area contributed by atoms with Crippen molar-refractivity contribution in [3.8, 4) is 11.5 Å². The molecule has 8 heteroatoms. The first kappa shape index (κ1) is 24.1. The molecule has 1 unspecified atom stereocenters. The van der Waals surface area contributed by atoms with Gasteiger partial charge in [-0.3, -0.25) is 0 Å². The quantitative estimate of drug-likeness (QED) is 0.311. The normalized spacial score (nSPS) is 12.1. The van der Waals surface area contributed by atoms with Crippen molar-refractivity contribution in [1.29, 1.82) is 0 Å². The Morgan fingerprint density at radius 1 is 1.21 bits per heavy atom. The van der Waals surface area contributed by atoms with Crippen LogP contribution in [0, 0.1) is 13.8 Å². The largest absolute Gasteiger partial charge is 0.493 e. The predicted molar refractivity (Wildman–Crippen MR) is 122 cm³/mol. The SMILES string of the molecule is CCNC(=NCC(C)Oc1ccccc1OC)NCCc1c(C)noc1C.I. The molecule has 1 heterocycles. The average Bonchev–Trinajstić information content (AvgIpc) is 2.98. The van der Waals surface area contributed by atoms with E-state index in [1.165, 1.54) is 0 Å². The Bertz CT molecular complexity index is 729. The van der Waals surface area contributed by atoms with E-state index in [4.69, 9.17) is 14.0 Å². The number of para-hydroxylation sites is 2. The fraction of sp³-hybridized carbons (Fsp3) is 0.500. The number of halogens is 1. The lowest BCUT2D eigenvalue weighted by atomic mass is 10.1. The predicted octanol–water partition coefficient (Wildman–Crippen LogP) is 3.48. The molecular formula is C20H31IN4O3. The molecule has 0 radical (unpaired) electrons. The van der Waals surface area contributed by atoms with Crippen molar-refractivity contribution in [2.24, 2.45) is 4.99 Å². The van der Waals surface area contributed by atoms with Crippen molar-refractivity contribution < 1.29 is 14.0 Å². The summed E-state index contributed by atoms with van der Waals surface area (Å²) < 4.78 is 16.5. The van der Waals surface area contributed by atoms with E-state index in [1.807, 2.05) is 52.0 Å². The molecule has 0 aliphatic rings. The highest BCUT2D eigenvalue weighted by molar-refractivity contribution is 14.0. The maximum absolute atomic E-state index is 5.95. The number of aromatic nitrogens is 1. The van der Waals surface area contributed by atoms with E-state index in [-0.39, 0.29) is 30.1 Å². The van der Waals surface area contributed by atoms with Crippen LogP contribution in [0.1, 0.15) is 30.9 Å². The molecule has 0 saturated carbocycles. The van der Waals surface area contributed by atoms with Gasteiger partial charge in [0.2, 0.25) is 0 Å². The van der Waals surface area contributed by atoms with Crippen molar-refractivity contribution in [1.82, 2.24) is 15.8 Å². The van der Waals surface area contributed by atoms with E-state index in [0.717, 1.165) is 54.0 Å². The molecule has 2 rings (SSSR count). The van der Waals surface area contributed by atoms with Crippen LogP contribution >= 0.6 is 24.0 Å². The van der Waals surface area contributed by atoms with Gasteiger partial charge in [-0.2, -0.15) is 0 Å². The Balaban J connectivity index is 0.00000392. The molecule has 1 aromatic carbocycles. The molecule has 0 aliphatic heterocycles. The third-order valence-corrected chi connectivity index (χ3v) is 4.10. The number of benzene rings is 1. The molecule has 2 aromatic rings. The summed E-state index contributed by atoms with van der Waals surface area (Å²) >= 11 is 0. The molecule has 0 fully saturated rings. The minimum Gasteiger partial charge on any atom is -0.493 e. The monoisotopic (exact) mass is 502 g/mol. The first-order chi connectivity index (χ1) is 13.0. The third-order valence-electron chi connectivity index (χ3n) is 4.10. The van der Waals surface area contributed by atoms with E-state index in [2.05, 4.69) is 20.8 Å². The summed E-state index contributed by atoms with van der Waals surface area (Å²) in [6.07, 6.45) is 0.748. The van der Waals surface area contributed by atoms with Crippen molar-refractivity contribution in [3.63, 3.8) is 0 Å². The summed E-state index contributed by atoms with van der Waals surface area (Å²) in [5.41, 5.74) is 2.08. The van der Waals surface area contributed by atoms with Crippen LogP contribution in [0.4, 0.5) is 0 Å². The summed E-state index contributed by atoms with van der Waals surface area (Å²) in [5.74, 6) is 3.08. The van der Waals surface area contributed by atoms with Gasteiger partial charge in [0.15, 0.2) is 17.5 Å². The van der Waals surface area contributed by atoms with Crippen LogP contribution in [0.25, 0.3) is 0 Å². The minimum absolute atomic E-state index is 0. The molecule has 28 heavy (non-hydrogen) atoms. The number of ether oxygens (including phenoxy) is 2. The van der Waals surface area contributed by atoms with Gasteiger partial charge in [0.1, 0.15) is 11.9 Å². The van der Waals surface area contributed by atoms with Crippen LogP contribution < -0.4 is 20.1 Å². The Kier molecular flexibility index (Phi) is 10.7. The molecule has 0 bridgehead atoms. The Morgan fingerprint density at radius 3 is 2.54 bits per heavy atom. The van der Waals surface area contributed by atoms with Gasteiger partial charge in [-0.1, -0.05) is 17.3 Å². The third kappa shape index (κ3) is 7.21. The zero-order chi connectivity index (χ0) is 19.6. The standard InChI is InChI=1S/C20H30N4O3.HI/c1-6-21-20(22-12-11-17-15(3)24-27-16(17)4)23-13-14(2)26-19-10-8-7-9-18(19)25-5;/h7-10,14H,6,11-13H2,1-5H3,(H2,21,22,23);1H. The Hall–Kier alpha value is -1.97. The molecule has 7 nitrogen and oxygen atoms in total. The lowest BCUT2D eigenvalue weighted by molar-refractivity contribution is 0.219. The van der Waals surface area contributed by atoms with Crippen LogP contribution in [-0.2, 0) is 6.42 Å². The molecule has 1 atom stereocenters. The van der Waals surface area contributed by atoms with Gasteiger partial charge in [0.25, 0.3) is 0 Å². The number of rotatable bonds is 9. The number of nitrogens with one attached hydrogen (secondary N) is 2. The number of nitrogens with zero attached hydrogens (tertiary/aromatic N) is 2. The van der Waals surface area contributed by atoms with Gasteiger partial charge in [0.05, 0.1) is 19.3 Å². The Morgan fingerprint density at radius 2 is 1.93 bits per heavy atom. The van der Waals surface area contributed by atoms with Gasteiger partial charge in [-0.15, -0.1) is 24.0 Å². The first-order valence-electron chi connectivity index (χ1n) is 9.28. The van der Waals surface area contributed by atoms with Gasteiger partial charge in [-0.05, 0) is 46.2 Å². The fourth-order valence-electron chi connectivity index (χ4n) is 2.70. The van der Waals surface area contributed by atoms with Crippen molar-refractivity contribution in [2.75, 3.05) is 26.7 Å². The van der Waals surface area contributed by atoms with Crippen molar-refractivity contribution in [2.45, 2.75) is 40.2 Å². The zero-order valence-corrected chi connectivity index (χ0v) is 19.6. The molecule has 0 amide bonds. The zero-order valence-electron chi connectivity index (χ0n) is 17.2. The van der Waals surface area contributed by atoms with E-state index >= 15 is 0 Å². The maximum atomic E-state index is 5.95. The minimum atomic E-state index is -0.0840. The van der Waals surface area contributed by atoms with Crippen molar-refractivity contribution >= 4 is 29.9 Å². The topological polar surface area (TPSA) is 80.9 Å². The maximum Gasteiger partial charge on any atom is 0.191 e. The second-order valence-electron chi connectivity index (χ2n) is 6.28. The molecular weight excluding hydrogens is 471 g/mol. The molecule has 0 saturated heterocycles. The molecule has 0 spiro atoms. The van der Waals surface area contributed by atoms with Crippen molar-refractivity contribution in [3.05, 3.63) is 41.3 Å². The van der Waals surface area contributed by atoms with E-state index < -0.39 is 0 Å². The second kappa shape index (κ2) is 12.5. The highest BCUT2D eigenvalue weighted by Gasteiger charge is 2.10. The number of guanidine groups is 1. The second-order valence-corrected chi connectivity index (χ2v) is 6.28. The highest BCUT2D eigenvalue weighted by atomic mass is 127. The smallest absolute Gasteiger partial charge is 0.191 e. The molecule has 2 N–H and O–H groups in total. The lowest BCUT2D eigenvalue weighted by Crippen LogP contribution is -2.39. The molecule has 156 valence electrons. The van der Waals surface area contributed by atoms with Crippen LogP contribution in [0.5, 0.6) is 11.5 Å². The summed E-state index contributed by atoms with van der Waals surface area (Å²) in [5, 5.41) is 10.6. The number of methoxy groups -OCH3 is 1. The highest BCUT2D eigenvalue weighted by Crippen LogP contribution is 2.26. The molecule has 0 aliphatic carbocycles. The van der Waals surface area contributed by atoms with E-state index in [1.54, 1.807) is 7.11 Å².